The Bertz CT molecular complexity index is 462. The van der Waals surface area contributed by atoms with Gasteiger partial charge in [-0.25, -0.2) is 0 Å². The van der Waals surface area contributed by atoms with Crippen LogP contribution in [0.5, 0.6) is 5.75 Å². The van der Waals surface area contributed by atoms with Gasteiger partial charge in [-0.05, 0) is 33.4 Å². The van der Waals surface area contributed by atoms with Gasteiger partial charge < -0.3 is 0 Å². The summed E-state index contributed by atoms with van der Waals surface area (Å²) in [5.41, 5.74) is 3.42. The zero-order valence-corrected chi connectivity index (χ0v) is 14.1. The Morgan fingerprint density at radius 1 is 0.632 bits per heavy atom. The fraction of sp³-hybridized carbons (Fsp3) is 0.667. The molecule has 0 aliphatic heterocycles. The lowest BCUT2D eigenvalue weighted by Crippen LogP contribution is -2.28. The maximum atomic E-state index is 12.4. The predicted octanol–water partition coefficient (Wildman–Crippen LogP) is 5.72. The topological polar surface area (TPSA) is 19.9 Å². The lowest BCUT2D eigenvalue weighted by atomic mass is 9.68. The van der Waals surface area contributed by atoms with Crippen LogP contribution < -0.4 is 0 Å². The molecule has 0 N–H and O–H groups in total. The largest absolute Gasteiger partial charge is 0.290 e. The minimum Gasteiger partial charge on any atom is -0.290 e. The summed E-state index contributed by atoms with van der Waals surface area (Å²) in [6.07, 6.45) is 0. The summed E-state index contributed by atoms with van der Waals surface area (Å²) in [5.74, 6) is 0.172. The second kappa shape index (κ2) is 4.54. The molecule has 0 atom stereocenters. The molecule has 1 aromatic carbocycles. The molecule has 1 aromatic rings. The van der Waals surface area contributed by atoms with Gasteiger partial charge in [-0.15, -0.1) is 0 Å². The first-order valence-corrected chi connectivity index (χ1v) is 7.11. The highest BCUT2D eigenvalue weighted by Crippen LogP contribution is 2.44. The third kappa shape index (κ3) is 3.32. The molecule has 0 heterocycles. The second-order valence-electron chi connectivity index (χ2n) is 8.61. The van der Waals surface area contributed by atoms with Crippen LogP contribution in [0.2, 0.25) is 0 Å². The zero-order valence-electron chi connectivity index (χ0n) is 14.1. The van der Waals surface area contributed by atoms with Gasteiger partial charge in [-0.1, -0.05) is 68.4 Å². The Morgan fingerprint density at radius 2 is 1.05 bits per heavy atom. The third-order valence-electron chi connectivity index (χ3n) is 3.48. The van der Waals surface area contributed by atoms with Crippen LogP contribution in [0.25, 0.3) is 0 Å². The van der Waals surface area contributed by atoms with E-state index in [0.717, 1.165) is 5.56 Å². The van der Waals surface area contributed by atoms with Crippen molar-refractivity contribution in [1.29, 1.82) is 0 Å². The van der Waals surface area contributed by atoms with Gasteiger partial charge in [0, 0.05) is 5.56 Å². The second-order valence-corrected chi connectivity index (χ2v) is 8.61. The molecular formula is C18H29O. The lowest BCUT2D eigenvalue weighted by Gasteiger charge is -2.36. The van der Waals surface area contributed by atoms with E-state index in [-0.39, 0.29) is 22.0 Å². The van der Waals surface area contributed by atoms with Crippen LogP contribution >= 0.6 is 0 Å². The maximum absolute atomic E-state index is 12.4. The van der Waals surface area contributed by atoms with Crippen LogP contribution in [0, 0.1) is 0 Å². The molecule has 0 bridgehead atoms. The summed E-state index contributed by atoms with van der Waals surface area (Å²) >= 11 is 0. The Kier molecular flexibility index (Phi) is 3.84. The van der Waals surface area contributed by atoms with Crippen LogP contribution in [-0.4, -0.2) is 0 Å². The summed E-state index contributed by atoms with van der Waals surface area (Å²) in [4.78, 5) is 0. The molecule has 0 unspecified atom stereocenters. The van der Waals surface area contributed by atoms with Gasteiger partial charge in [0.1, 0.15) is 0 Å². The summed E-state index contributed by atoms with van der Waals surface area (Å²) in [6.45, 7) is 19.6. The molecule has 0 aliphatic carbocycles. The fourth-order valence-corrected chi connectivity index (χ4v) is 2.73. The standard InChI is InChI=1S/C18H29O/c1-16(2,3)12-10-11-13(19)15(18(7,8)9)14(12)17(4,5)6/h10-11H,1-9H3. The van der Waals surface area contributed by atoms with E-state index in [4.69, 9.17) is 0 Å². The van der Waals surface area contributed by atoms with Gasteiger partial charge in [0.25, 0.3) is 0 Å². The average Bonchev–Trinajstić information content (AvgIpc) is 2.11. The van der Waals surface area contributed by atoms with Crippen molar-refractivity contribution in [2.75, 3.05) is 0 Å². The third-order valence-corrected chi connectivity index (χ3v) is 3.48. The molecule has 0 fully saturated rings. The van der Waals surface area contributed by atoms with E-state index in [0.29, 0.717) is 0 Å². The summed E-state index contributed by atoms with van der Waals surface area (Å²) in [6, 6.07) is 3.77. The Labute approximate surface area is 119 Å². The van der Waals surface area contributed by atoms with Crippen molar-refractivity contribution in [3.8, 4) is 5.75 Å². The lowest BCUT2D eigenvalue weighted by molar-refractivity contribution is 0.336. The highest BCUT2D eigenvalue weighted by molar-refractivity contribution is 5.53. The van der Waals surface area contributed by atoms with E-state index in [1.54, 1.807) is 6.07 Å². The summed E-state index contributed by atoms with van der Waals surface area (Å²) < 4.78 is 0. The van der Waals surface area contributed by atoms with Gasteiger partial charge >= 0.3 is 0 Å². The first-order valence-electron chi connectivity index (χ1n) is 7.11. The number of hydrogen-bond acceptors (Lipinski definition) is 0. The van der Waals surface area contributed by atoms with Crippen molar-refractivity contribution in [2.45, 2.75) is 78.6 Å². The molecule has 1 radical (unpaired) electrons. The first kappa shape index (κ1) is 16.1. The smallest absolute Gasteiger partial charge is 0.182 e. The molecule has 1 heteroatoms. The van der Waals surface area contributed by atoms with E-state index in [1.807, 2.05) is 6.07 Å². The van der Waals surface area contributed by atoms with E-state index < -0.39 is 0 Å². The molecule has 1 rings (SSSR count). The molecule has 19 heavy (non-hydrogen) atoms. The fourth-order valence-electron chi connectivity index (χ4n) is 2.73. The molecule has 0 spiro atoms. The van der Waals surface area contributed by atoms with Crippen LogP contribution in [0.3, 0.4) is 0 Å². The molecular weight excluding hydrogens is 232 g/mol. The van der Waals surface area contributed by atoms with Crippen molar-refractivity contribution in [3.63, 3.8) is 0 Å². The van der Waals surface area contributed by atoms with Gasteiger partial charge in [0.05, 0.1) is 0 Å². The molecule has 0 saturated carbocycles. The van der Waals surface area contributed by atoms with Gasteiger partial charge in [0.15, 0.2) is 5.75 Å². The van der Waals surface area contributed by atoms with Gasteiger partial charge in [-0.2, -0.15) is 0 Å². The molecule has 107 valence electrons. The summed E-state index contributed by atoms with van der Waals surface area (Å²) in [7, 11) is 0. The minimum absolute atomic E-state index is 0.0222. The van der Waals surface area contributed by atoms with Crippen molar-refractivity contribution < 1.29 is 5.11 Å². The van der Waals surface area contributed by atoms with Crippen molar-refractivity contribution in [3.05, 3.63) is 28.8 Å². The molecule has 0 amide bonds. The predicted molar refractivity (Wildman–Crippen MR) is 82.7 cm³/mol. The van der Waals surface area contributed by atoms with Crippen molar-refractivity contribution >= 4 is 0 Å². The van der Waals surface area contributed by atoms with Crippen LogP contribution in [0.1, 0.15) is 79.0 Å². The highest BCUT2D eigenvalue weighted by atomic mass is 16.3. The average molecular weight is 261 g/mol. The number of hydrogen-bond donors (Lipinski definition) is 0. The molecule has 0 aliphatic rings. The molecule has 0 aromatic heterocycles. The van der Waals surface area contributed by atoms with Gasteiger partial charge in [0.2, 0.25) is 0 Å². The van der Waals surface area contributed by atoms with E-state index in [2.05, 4.69) is 62.3 Å². The van der Waals surface area contributed by atoms with E-state index in [1.165, 1.54) is 11.1 Å². The highest BCUT2D eigenvalue weighted by Gasteiger charge is 2.33. The monoisotopic (exact) mass is 261 g/mol. The summed E-state index contributed by atoms with van der Waals surface area (Å²) in [5, 5.41) is 12.4. The normalized spacial score (nSPS) is 13.7. The Hall–Kier alpha value is -0.980. The maximum Gasteiger partial charge on any atom is 0.182 e. The SMILES string of the molecule is CC(C)(C)c1ccc([O])c(C(C)(C)C)c1C(C)(C)C. The number of benzene rings is 1. The molecule has 0 saturated heterocycles. The van der Waals surface area contributed by atoms with Crippen molar-refractivity contribution in [2.24, 2.45) is 0 Å². The van der Waals surface area contributed by atoms with Crippen LogP contribution in [-0.2, 0) is 21.4 Å². The van der Waals surface area contributed by atoms with Crippen LogP contribution in [0.15, 0.2) is 12.1 Å². The first-order chi connectivity index (χ1) is 8.26. The van der Waals surface area contributed by atoms with E-state index >= 15 is 0 Å². The molecule has 1 nitrogen and oxygen atoms in total. The number of rotatable bonds is 0. The van der Waals surface area contributed by atoms with E-state index in [9.17, 15) is 5.11 Å². The van der Waals surface area contributed by atoms with Crippen molar-refractivity contribution in [1.82, 2.24) is 0 Å². The van der Waals surface area contributed by atoms with Gasteiger partial charge in [-0.3, -0.25) is 5.11 Å². The zero-order chi connectivity index (χ0) is 15.2. The Balaban J connectivity index is 3.82. The quantitative estimate of drug-likeness (QED) is 0.569. The Morgan fingerprint density at radius 3 is 1.37 bits per heavy atom. The minimum atomic E-state index is -0.124. The van der Waals surface area contributed by atoms with Crippen LogP contribution in [0.4, 0.5) is 0 Å².